The molecule has 1 aliphatic heterocycles. The van der Waals surface area contributed by atoms with Gasteiger partial charge in [0.05, 0.1) is 5.37 Å². The molecule has 6 nitrogen and oxygen atoms in total. The van der Waals surface area contributed by atoms with Crippen LogP contribution in [0.2, 0.25) is 0 Å². The fourth-order valence-electron chi connectivity index (χ4n) is 2.44. The van der Waals surface area contributed by atoms with Gasteiger partial charge in [-0.2, -0.15) is 0 Å². The number of rotatable bonds is 5. The molecule has 2 rings (SSSR count). The van der Waals surface area contributed by atoms with E-state index < -0.39 is 22.8 Å². The minimum absolute atomic E-state index is 0.150. The van der Waals surface area contributed by atoms with E-state index in [1.165, 1.54) is 11.8 Å². The molecule has 1 aromatic rings. The lowest BCUT2D eigenvalue weighted by Gasteiger charge is -2.20. The molecular formula is C15H21N3O3S. The number of hydrogen-bond donors (Lipinski definition) is 4. The van der Waals surface area contributed by atoms with Crippen molar-refractivity contribution in [3.8, 4) is 0 Å². The number of nitrogens with two attached hydrogens (primary N) is 1. The highest BCUT2D eigenvalue weighted by Crippen LogP contribution is 2.37. The van der Waals surface area contributed by atoms with Crippen molar-refractivity contribution < 1.29 is 14.7 Å². The Morgan fingerprint density at radius 3 is 2.59 bits per heavy atom. The first-order valence-electron chi connectivity index (χ1n) is 7.06. The van der Waals surface area contributed by atoms with Gasteiger partial charge in [0, 0.05) is 11.3 Å². The van der Waals surface area contributed by atoms with Crippen LogP contribution in [0.3, 0.4) is 0 Å². The zero-order valence-corrected chi connectivity index (χ0v) is 13.4. The lowest BCUT2D eigenvalue weighted by molar-refractivity contribution is -0.139. The summed E-state index contributed by atoms with van der Waals surface area (Å²) in [5.74, 6) is -1.16. The maximum Gasteiger partial charge on any atom is 0.322 e. The second-order valence-corrected chi connectivity index (χ2v) is 7.64. The molecule has 0 radical (unpaired) electrons. The monoisotopic (exact) mass is 323 g/mol. The molecule has 1 aliphatic rings. The Morgan fingerprint density at radius 1 is 1.41 bits per heavy atom. The van der Waals surface area contributed by atoms with Crippen molar-refractivity contribution in [1.82, 2.24) is 10.6 Å². The van der Waals surface area contributed by atoms with Crippen molar-refractivity contribution in [3.63, 3.8) is 0 Å². The van der Waals surface area contributed by atoms with Crippen LogP contribution >= 0.6 is 11.8 Å². The van der Waals surface area contributed by atoms with Gasteiger partial charge >= 0.3 is 5.97 Å². The van der Waals surface area contributed by atoms with E-state index in [2.05, 4.69) is 10.6 Å². The second kappa shape index (κ2) is 6.68. The quantitative estimate of drug-likeness (QED) is 0.636. The minimum atomic E-state index is -0.882. The van der Waals surface area contributed by atoms with Crippen LogP contribution in [0, 0.1) is 0 Å². The standard InChI is InChI=1S/C15H21N3O3S/c1-15(2)12(14(20)21)18-10(22-15)8-17-13(19)11(16)9-6-4-3-5-7-9/h3-7,10-12,18H,8,16H2,1-2H3,(H,17,19)(H,20,21)/t10-,11-,12+/m0/s1. The summed E-state index contributed by atoms with van der Waals surface area (Å²) in [5, 5.41) is 14.9. The van der Waals surface area contributed by atoms with Crippen LogP contribution in [0.1, 0.15) is 25.5 Å². The average Bonchev–Trinajstić information content (AvgIpc) is 2.80. The van der Waals surface area contributed by atoms with Crippen molar-refractivity contribution >= 4 is 23.6 Å². The number of hydrogen-bond acceptors (Lipinski definition) is 5. The van der Waals surface area contributed by atoms with Crippen molar-refractivity contribution in [2.75, 3.05) is 6.54 Å². The first-order valence-corrected chi connectivity index (χ1v) is 7.94. The highest BCUT2D eigenvalue weighted by atomic mass is 32.2. The molecule has 3 atom stereocenters. The Morgan fingerprint density at radius 2 is 2.05 bits per heavy atom. The summed E-state index contributed by atoms with van der Waals surface area (Å²) in [6, 6.07) is 7.76. The summed E-state index contributed by atoms with van der Waals surface area (Å²) >= 11 is 1.51. The van der Waals surface area contributed by atoms with Gasteiger partial charge in [0.25, 0.3) is 0 Å². The zero-order chi connectivity index (χ0) is 16.3. The highest BCUT2D eigenvalue weighted by Gasteiger charge is 2.45. The van der Waals surface area contributed by atoms with E-state index in [4.69, 9.17) is 5.73 Å². The summed E-state index contributed by atoms with van der Waals surface area (Å²) in [6.45, 7) is 4.08. The van der Waals surface area contributed by atoms with Crippen LogP contribution in [0.15, 0.2) is 30.3 Å². The Labute approximate surface area is 133 Å². The molecule has 1 saturated heterocycles. The third-order valence-electron chi connectivity index (χ3n) is 3.64. The molecule has 22 heavy (non-hydrogen) atoms. The maximum atomic E-state index is 12.1. The predicted octanol–water partition coefficient (Wildman–Crippen LogP) is 0.697. The summed E-state index contributed by atoms with van der Waals surface area (Å²) in [4.78, 5) is 23.3. The minimum Gasteiger partial charge on any atom is -0.480 e. The average molecular weight is 323 g/mol. The van der Waals surface area contributed by atoms with Crippen LogP contribution < -0.4 is 16.4 Å². The predicted molar refractivity (Wildman–Crippen MR) is 86.4 cm³/mol. The van der Waals surface area contributed by atoms with Crippen molar-refractivity contribution in [2.45, 2.75) is 36.1 Å². The molecule has 1 fully saturated rings. The van der Waals surface area contributed by atoms with Gasteiger partial charge < -0.3 is 16.2 Å². The van der Waals surface area contributed by atoms with E-state index in [0.29, 0.717) is 6.54 Å². The van der Waals surface area contributed by atoms with Gasteiger partial charge in [-0.3, -0.25) is 14.9 Å². The fraction of sp³-hybridized carbons (Fsp3) is 0.467. The topological polar surface area (TPSA) is 104 Å². The van der Waals surface area contributed by atoms with Gasteiger partial charge in [-0.1, -0.05) is 30.3 Å². The molecule has 0 spiro atoms. The number of aliphatic carboxylic acids is 1. The van der Waals surface area contributed by atoms with E-state index in [0.717, 1.165) is 5.56 Å². The van der Waals surface area contributed by atoms with Gasteiger partial charge in [-0.25, -0.2) is 0 Å². The highest BCUT2D eigenvalue weighted by molar-refractivity contribution is 8.01. The fourth-order valence-corrected chi connectivity index (χ4v) is 3.85. The van der Waals surface area contributed by atoms with Crippen LogP contribution in [-0.4, -0.2) is 39.7 Å². The first kappa shape index (κ1) is 16.8. The Bertz CT molecular complexity index is 550. The van der Waals surface area contributed by atoms with E-state index in [-0.39, 0.29) is 11.3 Å². The number of carbonyl (C=O) groups is 2. The lowest BCUT2D eigenvalue weighted by atomic mass is 10.0. The Hall–Kier alpha value is -1.57. The number of carbonyl (C=O) groups excluding carboxylic acids is 1. The summed E-state index contributed by atoms with van der Waals surface area (Å²) in [5.41, 5.74) is 6.66. The molecule has 7 heteroatoms. The number of nitrogens with one attached hydrogen (secondary N) is 2. The van der Waals surface area contributed by atoms with Crippen LogP contribution in [0.25, 0.3) is 0 Å². The summed E-state index contributed by atoms with van der Waals surface area (Å²) in [6.07, 6.45) is 0. The third kappa shape index (κ3) is 3.79. The van der Waals surface area contributed by atoms with Gasteiger partial charge in [-0.15, -0.1) is 11.8 Å². The summed E-state index contributed by atoms with van der Waals surface area (Å²) < 4.78 is -0.428. The molecule has 0 unspecified atom stereocenters. The molecule has 1 aromatic carbocycles. The number of benzene rings is 1. The molecule has 5 N–H and O–H groups in total. The lowest BCUT2D eigenvalue weighted by Crippen LogP contribution is -2.47. The molecule has 0 aromatic heterocycles. The number of amides is 1. The Balaban J connectivity index is 1.89. The maximum absolute atomic E-state index is 12.1. The van der Waals surface area contributed by atoms with Gasteiger partial charge in [0.15, 0.2) is 0 Å². The van der Waals surface area contributed by atoms with E-state index in [1.807, 2.05) is 32.0 Å². The Kier molecular flexibility index (Phi) is 5.10. The molecule has 0 aliphatic carbocycles. The van der Waals surface area contributed by atoms with Crippen LogP contribution in [0.5, 0.6) is 0 Å². The second-order valence-electron chi connectivity index (χ2n) is 5.78. The van der Waals surface area contributed by atoms with E-state index in [9.17, 15) is 14.7 Å². The van der Waals surface area contributed by atoms with Gasteiger partial charge in [-0.05, 0) is 19.4 Å². The molecular weight excluding hydrogens is 302 g/mol. The molecule has 0 bridgehead atoms. The molecule has 1 heterocycles. The third-order valence-corrected chi connectivity index (χ3v) is 5.07. The van der Waals surface area contributed by atoms with Gasteiger partial charge in [0.1, 0.15) is 12.1 Å². The SMILES string of the molecule is CC1(C)S[C@@H](CNC(=O)[C@@H](N)c2ccccc2)N[C@@H]1C(=O)O. The van der Waals surface area contributed by atoms with Crippen LogP contribution in [-0.2, 0) is 9.59 Å². The van der Waals surface area contributed by atoms with E-state index in [1.54, 1.807) is 12.1 Å². The largest absolute Gasteiger partial charge is 0.480 e. The normalized spacial score (nSPS) is 24.7. The molecule has 1 amide bonds. The van der Waals surface area contributed by atoms with Gasteiger partial charge in [0.2, 0.25) is 5.91 Å². The number of carboxylic acid groups (broad SMARTS) is 1. The van der Waals surface area contributed by atoms with Crippen molar-refractivity contribution in [1.29, 1.82) is 0 Å². The smallest absolute Gasteiger partial charge is 0.322 e. The van der Waals surface area contributed by atoms with Crippen molar-refractivity contribution in [3.05, 3.63) is 35.9 Å². The first-order chi connectivity index (χ1) is 10.3. The molecule has 0 saturated carbocycles. The zero-order valence-electron chi connectivity index (χ0n) is 12.6. The molecule has 120 valence electrons. The summed E-state index contributed by atoms with van der Waals surface area (Å²) in [7, 11) is 0. The van der Waals surface area contributed by atoms with Crippen molar-refractivity contribution in [2.24, 2.45) is 5.73 Å². The van der Waals surface area contributed by atoms with E-state index >= 15 is 0 Å². The van der Waals surface area contributed by atoms with Crippen LogP contribution in [0.4, 0.5) is 0 Å². The number of thioether (sulfide) groups is 1. The number of carboxylic acids is 1.